The predicted octanol–water partition coefficient (Wildman–Crippen LogP) is 1.50. The van der Waals surface area contributed by atoms with Gasteiger partial charge in [-0.3, -0.25) is 0 Å². The molecule has 2 N–H and O–H groups in total. The van der Waals surface area contributed by atoms with E-state index in [9.17, 15) is 0 Å². The Kier molecular flexibility index (Phi) is 3.49. The molecule has 0 fully saturated rings. The second kappa shape index (κ2) is 5.60. The standard InChI is InChI=1S/C13H15N7/c1-9-13(14-8-4-7-12-17-19-20-18-12)16-11-6-3-2-5-10(11)15-9/h2-3,5-6H,4,7-8H2,1H3,(H,14,16)(H,17,18,19,20). The highest BCUT2D eigenvalue weighted by Crippen LogP contribution is 2.15. The second-order valence-corrected chi connectivity index (χ2v) is 4.50. The van der Waals surface area contributed by atoms with Gasteiger partial charge in [-0.15, -0.1) is 10.2 Å². The van der Waals surface area contributed by atoms with Crippen molar-refractivity contribution in [3.8, 4) is 0 Å². The van der Waals surface area contributed by atoms with Crippen LogP contribution in [0.5, 0.6) is 0 Å². The average Bonchev–Trinajstić information content (AvgIpc) is 2.97. The van der Waals surface area contributed by atoms with Gasteiger partial charge in [0.2, 0.25) is 0 Å². The second-order valence-electron chi connectivity index (χ2n) is 4.50. The minimum atomic E-state index is 0.730. The van der Waals surface area contributed by atoms with Crippen LogP contribution >= 0.6 is 0 Å². The van der Waals surface area contributed by atoms with Crippen LogP contribution in [0.1, 0.15) is 17.9 Å². The third-order valence-electron chi connectivity index (χ3n) is 3.00. The van der Waals surface area contributed by atoms with E-state index in [1.165, 1.54) is 0 Å². The van der Waals surface area contributed by atoms with Crippen LogP contribution < -0.4 is 5.32 Å². The first-order chi connectivity index (χ1) is 9.83. The van der Waals surface area contributed by atoms with Gasteiger partial charge in [0.15, 0.2) is 5.82 Å². The van der Waals surface area contributed by atoms with Crippen LogP contribution in [0.2, 0.25) is 0 Å². The molecular formula is C13H15N7. The van der Waals surface area contributed by atoms with Crippen molar-refractivity contribution in [1.82, 2.24) is 30.6 Å². The molecule has 0 aliphatic carbocycles. The number of aryl methyl sites for hydroxylation is 2. The van der Waals surface area contributed by atoms with Crippen LogP contribution in [0.4, 0.5) is 5.82 Å². The van der Waals surface area contributed by atoms with Gasteiger partial charge in [-0.1, -0.05) is 17.3 Å². The Bertz CT molecular complexity index is 693. The lowest BCUT2D eigenvalue weighted by atomic mass is 10.2. The minimum Gasteiger partial charge on any atom is -0.369 e. The molecule has 0 bridgehead atoms. The highest BCUT2D eigenvalue weighted by Gasteiger charge is 2.04. The first kappa shape index (κ1) is 12.5. The van der Waals surface area contributed by atoms with Crippen LogP contribution in [-0.2, 0) is 6.42 Å². The molecule has 3 rings (SSSR count). The zero-order valence-electron chi connectivity index (χ0n) is 11.2. The van der Waals surface area contributed by atoms with Crippen LogP contribution in [0.3, 0.4) is 0 Å². The minimum absolute atomic E-state index is 0.730. The fourth-order valence-electron chi connectivity index (χ4n) is 2.00. The van der Waals surface area contributed by atoms with Gasteiger partial charge in [0.05, 0.1) is 16.7 Å². The van der Waals surface area contributed by atoms with E-state index in [4.69, 9.17) is 0 Å². The average molecular weight is 269 g/mol. The van der Waals surface area contributed by atoms with E-state index >= 15 is 0 Å². The summed E-state index contributed by atoms with van der Waals surface area (Å²) in [5.41, 5.74) is 2.73. The molecule has 7 heteroatoms. The van der Waals surface area contributed by atoms with Crippen molar-refractivity contribution in [2.45, 2.75) is 19.8 Å². The van der Waals surface area contributed by atoms with E-state index in [-0.39, 0.29) is 0 Å². The van der Waals surface area contributed by atoms with Crippen LogP contribution in [0, 0.1) is 6.92 Å². The molecule has 3 aromatic rings. The summed E-state index contributed by atoms with van der Waals surface area (Å²) in [6.45, 7) is 2.75. The highest BCUT2D eigenvalue weighted by molar-refractivity contribution is 5.76. The number of fused-ring (bicyclic) bond motifs is 1. The third kappa shape index (κ3) is 2.71. The van der Waals surface area contributed by atoms with Gasteiger partial charge in [0.1, 0.15) is 5.82 Å². The van der Waals surface area contributed by atoms with Crippen molar-refractivity contribution in [2.75, 3.05) is 11.9 Å². The molecule has 0 spiro atoms. The summed E-state index contributed by atoms with van der Waals surface area (Å²) >= 11 is 0. The maximum absolute atomic E-state index is 4.59. The summed E-state index contributed by atoms with van der Waals surface area (Å²) in [6.07, 6.45) is 1.69. The summed E-state index contributed by atoms with van der Waals surface area (Å²) < 4.78 is 0. The predicted molar refractivity (Wildman–Crippen MR) is 75.3 cm³/mol. The quantitative estimate of drug-likeness (QED) is 0.682. The molecule has 0 saturated carbocycles. The Balaban J connectivity index is 1.63. The van der Waals surface area contributed by atoms with Gasteiger partial charge in [-0.05, 0) is 25.5 Å². The van der Waals surface area contributed by atoms with Crippen molar-refractivity contribution in [3.05, 3.63) is 35.8 Å². The lowest BCUT2D eigenvalue weighted by Gasteiger charge is -2.08. The summed E-state index contributed by atoms with van der Waals surface area (Å²) in [5.74, 6) is 1.56. The lowest BCUT2D eigenvalue weighted by molar-refractivity contribution is 0.801. The van der Waals surface area contributed by atoms with Crippen LogP contribution in [0.25, 0.3) is 11.0 Å². The topological polar surface area (TPSA) is 92.3 Å². The number of hydrogen-bond acceptors (Lipinski definition) is 6. The molecule has 2 aromatic heterocycles. The zero-order chi connectivity index (χ0) is 13.8. The van der Waals surface area contributed by atoms with E-state index in [1.54, 1.807) is 0 Å². The SMILES string of the molecule is Cc1nc2ccccc2nc1NCCCc1nn[nH]n1. The first-order valence-electron chi connectivity index (χ1n) is 6.52. The van der Waals surface area contributed by atoms with Gasteiger partial charge >= 0.3 is 0 Å². The molecule has 2 heterocycles. The number of tetrazole rings is 1. The summed E-state index contributed by atoms with van der Waals surface area (Å²) in [5, 5.41) is 17.1. The fourth-order valence-corrected chi connectivity index (χ4v) is 2.00. The number of aromatic amines is 1. The van der Waals surface area contributed by atoms with E-state index in [0.717, 1.165) is 47.8 Å². The Morgan fingerprint density at radius 2 is 1.95 bits per heavy atom. The highest BCUT2D eigenvalue weighted by atomic mass is 15.5. The summed E-state index contributed by atoms with van der Waals surface area (Å²) in [7, 11) is 0. The van der Waals surface area contributed by atoms with E-state index in [1.807, 2.05) is 31.2 Å². The number of hydrogen-bond donors (Lipinski definition) is 2. The maximum atomic E-state index is 4.59. The number of H-pyrrole nitrogens is 1. The number of anilines is 1. The molecular weight excluding hydrogens is 254 g/mol. The number of nitrogens with zero attached hydrogens (tertiary/aromatic N) is 5. The van der Waals surface area contributed by atoms with Crippen LogP contribution in [0.15, 0.2) is 24.3 Å². The van der Waals surface area contributed by atoms with Gasteiger partial charge in [-0.2, -0.15) is 5.21 Å². The number of benzene rings is 1. The first-order valence-corrected chi connectivity index (χ1v) is 6.52. The van der Waals surface area contributed by atoms with Gasteiger partial charge in [0, 0.05) is 13.0 Å². The molecule has 0 saturated heterocycles. The van der Waals surface area contributed by atoms with Crippen molar-refractivity contribution >= 4 is 16.9 Å². The molecule has 0 unspecified atom stereocenters. The largest absolute Gasteiger partial charge is 0.369 e. The van der Waals surface area contributed by atoms with E-state index in [0.29, 0.717) is 0 Å². The third-order valence-corrected chi connectivity index (χ3v) is 3.00. The Morgan fingerprint density at radius 1 is 1.15 bits per heavy atom. The number of nitrogens with one attached hydrogen (secondary N) is 2. The smallest absolute Gasteiger partial charge is 0.174 e. The van der Waals surface area contributed by atoms with E-state index in [2.05, 4.69) is 35.9 Å². The maximum Gasteiger partial charge on any atom is 0.174 e. The molecule has 0 amide bonds. The normalized spacial score (nSPS) is 10.8. The monoisotopic (exact) mass is 269 g/mol. The van der Waals surface area contributed by atoms with Crippen molar-refractivity contribution in [3.63, 3.8) is 0 Å². The van der Waals surface area contributed by atoms with Gasteiger partial charge < -0.3 is 5.32 Å². The van der Waals surface area contributed by atoms with Crippen molar-refractivity contribution in [1.29, 1.82) is 0 Å². The van der Waals surface area contributed by atoms with Gasteiger partial charge in [0.25, 0.3) is 0 Å². The molecule has 102 valence electrons. The van der Waals surface area contributed by atoms with Gasteiger partial charge in [-0.25, -0.2) is 9.97 Å². The molecule has 0 atom stereocenters. The Hall–Kier alpha value is -2.57. The molecule has 0 radical (unpaired) electrons. The molecule has 7 nitrogen and oxygen atoms in total. The van der Waals surface area contributed by atoms with Crippen LogP contribution in [-0.4, -0.2) is 37.1 Å². The molecule has 1 aromatic carbocycles. The Morgan fingerprint density at radius 3 is 2.70 bits per heavy atom. The number of aromatic nitrogens is 6. The fraction of sp³-hybridized carbons (Fsp3) is 0.308. The van der Waals surface area contributed by atoms with Crippen molar-refractivity contribution < 1.29 is 0 Å². The zero-order valence-corrected chi connectivity index (χ0v) is 11.2. The lowest BCUT2D eigenvalue weighted by Crippen LogP contribution is -2.07. The van der Waals surface area contributed by atoms with Crippen molar-refractivity contribution in [2.24, 2.45) is 0 Å². The summed E-state index contributed by atoms with van der Waals surface area (Å²) in [6, 6.07) is 7.86. The summed E-state index contributed by atoms with van der Waals surface area (Å²) in [4.78, 5) is 9.13. The molecule has 0 aliphatic rings. The number of para-hydroxylation sites is 2. The Labute approximate surface area is 115 Å². The van der Waals surface area contributed by atoms with E-state index < -0.39 is 0 Å². The molecule has 0 aliphatic heterocycles. The molecule has 20 heavy (non-hydrogen) atoms. The number of rotatable bonds is 5.